The molecule has 0 amide bonds. The fourth-order valence-corrected chi connectivity index (χ4v) is 1.48. The second-order valence-electron chi connectivity index (χ2n) is 3.29. The van der Waals surface area contributed by atoms with Gasteiger partial charge in [-0.3, -0.25) is 0 Å². The summed E-state index contributed by atoms with van der Waals surface area (Å²) in [5.74, 6) is -0.413. The molecule has 0 saturated heterocycles. The van der Waals surface area contributed by atoms with Crippen LogP contribution in [0, 0.1) is 0 Å². The minimum Gasteiger partial charge on any atom is -0.464 e. The van der Waals surface area contributed by atoms with Crippen LogP contribution in [0.2, 0.25) is 0 Å². The van der Waals surface area contributed by atoms with E-state index in [0.29, 0.717) is 24.4 Å². The summed E-state index contributed by atoms with van der Waals surface area (Å²) in [6.07, 6.45) is -0.170. The van der Waals surface area contributed by atoms with Gasteiger partial charge in [0.15, 0.2) is 0 Å². The molecule has 0 aliphatic heterocycles. The monoisotopic (exact) mass is 212 g/mol. The highest BCUT2D eigenvalue weighted by atomic mass is 16.5. The maximum atomic E-state index is 11.3. The number of aliphatic hydroxyl groups is 1. The summed E-state index contributed by atoms with van der Waals surface area (Å²) in [6.45, 7) is 0.403. The fraction of sp³-hybridized carbons (Fsp3) is 0.500. The molecule has 1 aromatic heterocycles. The van der Waals surface area contributed by atoms with Gasteiger partial charge in [0.1, 0.15) is 5.69 Å². The number of methoxy groups -OCH3 is 1. The largest absolute Gasteiger partial charge is 0.464 e. The molecule has 0 spiro atoms. The Morgan fingerprint density at radius 2 is 2.33 bits per heavy atom. The Morgan fingerprint density at radius 1 is 1.67 bits per heavy atom. The van der Waals surface area contributed by atoms with Crippen LogP contribution in [-0.2, 0) is 11.8 Å². The number of ether oxygens (including phenoxy) is 1. The summed E-state index contributed by atoms with van der Waals surface area (Å²) in [4.78, 5) is 11.3. The van der Waals surface area contributed by atoms with Gasteiger partial charge in [-0.2, -0.15) is 0 Å². The molecule has 0 aliphatic carbocycles. The lowest BCUT2D eigenvalue weighted by molar-refractivity contribution is 0.0588. The van der Waals surface area contributed by atoms with Crippen LogP contribution >= 0.6 is 0 Å². The van der Waals surface area contributed by atoms with Gasteiger partial charge >= 0.3 is 5.97 Å². The molecule has 0 unspecified atom stereocenters. The van der Waals surface area contributed by atoms with Crippen molar-refractivity contribution >= 4 is 5.97 Å². The van der Waals surface area contributed by atoms with Gasteiger partial charge in [-0.05, 0) is 25.1 Å². The van der Waals surface area contributed by atoms with E-state index in [-0.39, 0.29) is 0 Å². The van der Waals surface area contributed by atoms with Crippen molar-refractivity contribution in [2.45, 2.75) is 12.5 Å². The summed E-state index contributed by atoms with van der Waals surface area (Å²) < 4.78 is 6.22. The Labute approximate surface area is 88.4 Å². The minimum absolute atomic E-state index is 0.403. The van der Waals surface area contributed by atoms with Crippen LogP contribution in [0.3, 0.4) is 0 Å². The number of nitrogens with two attached hydrogens (primary N) is 1. The minimum atomic E-state index is -0.640. The van der Waals surface area contributed by atoms with Gasteiger partial charge < -0.3 is 20.1 Å². The molecular formula is C10H16N2O3. The van der Waals surface area contributed by atoms with E-state index in [1.54, 1.807) is 23.7 Å². The number of nitrogens with zero attached hydrogens (tertiary/aromatic N) is 1. The van der Waals surface area contributed by atoms with Crippen molar-refractivity contribution in [3.63, 3.8) is 0 Å². The topological polar surface area (TPSA) is 77.5 Å². The Bertz CT molecular complexity index is 346. The smallest absolute Gasteiger partial charge is 0.354 e. The average Bonchev–Trinajstić information content (AvgIpc) is 2.59. The Kier molecular flexibility index (Phi) is 3.88. The van der Waals surface area contributed by atoms with E-state index < -0.39 is 12.1 Å². The zero-order valence-electron chi connectivity index (χ0n) is 8.93. The van der Waals surface area contributed by atoms with Gasteiger partial charge in [0.2, 0.25) is 0 Å². The Hall–Kier alpha value is -1.33. The summed E-state index contributed by atoms with van der Waals surface area (Å²) in [7, 11) is 3.03. The van der Waals surface area contributed by atoms with Gasteiger partial charge in [0, 0.05) is 12.7 Å². The highest BCUT2D eigenvalue weighted by molar-refractivity contribution is 5.87. The van der Waals surface area contributed by atoms with Crippen LogP contribution in [-0.4, -0.2) is 29.3 Å². The highest BCUT2D eigenvalue weighted by Gasteiger charge is 2.16. The van der Waals surface area contributed by atoms with Crippen molar-refractivity contribution in [3.8, 4) is 0 Å². The maximum absolute atomic E-state index is 11.3. The summed E-state index contributed by atoms with van der Waals surface area (Å²) in [5, 5.41) is 9.72. The van der Waals surface area contributed by atoms with Gasteiger partial charge in [-0.15, -0.1) is 0 Å². The van der Waals surface area contributed by atoms with Gasteiger partial charge in [0.05, 0.1) is 13.2 Å². The molecule has 1 heterocycles. The second kappa shape index (κ2) is 4.95. The molecular weight excluding hydrogens is 196 g/mol. The fourth-order valence-electron chi connectivity index (χ4n) is 1.48. The molecule has 0 aliphatic rings. The van der Waals surface area contributed by atoms with Crippen molar-refractivity contribution in [3.05, 3.63) is 23.5 Å². The van der Waals surface area contributed by atoms with E-state index in [0.717, 1.165) is 0 Å². The van der Waals surface area contributed by atoms with Crippen molar-refractivity contribution in [2.75, 3.05) is 13.7 Å². The second-order valence-corrected chi connectivity index (χ2v) is 3.29. The standard InChI is InChI=1S/C10H16N2O3/c1-12-7(9(13)5-6-11)3-4-8(12)10(14)15-2/h3-4,9,13H,5-6,11H2,1-2H3/t9-/m0/s1. The molecule has 5 heteroatoms. The molecule has 0 aromatic carbocycles. The summed E-state index contributed by atoms with van der Waals surface area (Å²) in [5.41, 5.74) is 6.44. The molecule has 0 saturated carbocycles. The third kappa shape index (κ3) is 2.37. The Balaban J connectivity index is 2.93. The van der Waals surface area contributed by atoms with Gasteiger partial charge in [0.25, 0.3) is 0 Å². The quantitative estimate of drug-likeness (QED) is 0.699. The van der Waals surface area contributed by atoms with E-state index in [1.807, 2.05) is 0 Å². The molecule has 1 atom stereocenters. The van der Waals surface area contributed by atoms with Crippen LogP contribution in [0.15, 0.2) is 12.1 Å². The van der Waals surface area contributed by atoms with Crippen LogP contribution in [0.25, 0.3) is 0 Å². The van der Waals surface area contributed by atoms with Crippen molar-refractivity contribution < 1.29 is 14.6 Å². The predicted octanol–water partition coefficient (Wildman–Crippen LogP) is 0.194. The molecule has 84 valence electrons. The number of carbonyl (C=O) groups is 1. The number of carbonyl (C=O) groups excluding carboxylic acids is 1. The zero-order chi connectivity index (χ0) is 11.4. The summed E-state index contributed by atoms with van der Waals surface area (Å²) >= 11 is 0. The van der Waals surface area contributed by atoms with Gasteiger partial charge in [-0.1, -0.05) is 0 Å². The van der Waals surface area contributed by atoms with Crippen LogP contribution in [0.1, 0.15) is 28.7 Å². The van der Waals surface area contributed by atoms with Crippen LogP contribution in [0.4, 0.5) is 0 Å². The normalized spacial score (nSPS) is 12.5. The lowest BCUT2D eigenvalue weighted by atomic mass is 10.2. The average molecular weight is 212 g/mol. The number of hydrogen-bond donors (Lipinski definition) is 2. The van der Waals surface area contributed by atoms with Crippen LogP contribution < -0.4 is 5.73 Å². The lowest BCUT2D eigenvalue weighted by Crippen LogP contribution is -2.13. The molecule has 3 N–H and O–H groups in total. The first-order valence-electron chi connectivity index (χ1n) is 4.73. The van der Waals surface area contributed by atoms with E-state index in [9.17, 15) is 9.90 Å². The lowest BCUT2D eigenvalue weighted by Gasteiger charge is -2.11. The third-order valence-electron chi connectivity index (χ3n) is 2.34. The highest BCUT2D eigenvalue weighted by Crippen LogP contribution is 2.18. The van der Waals surface area contributed by atoms with E-state index in [1.165, 1.54) is 7.11 Å². The van der Waals surface area contributed by atoms with Crippen molar-refractivity contribution in [1.29, 1.82) is 0 Å². The number of rotatable bonds is 4. The molecule has 1 aromatic rings. The molecule has 0 bridgehead atoms. The molecule has 0 fully saturated rings. The number of esters is 1. The number of hydrogen-bond acceptors (Lipinski definition) is 4. The van der Waals surface area contributed by atoms with Crippen molar-refractivity contribution in [2.24, 2.45) is 12.8 Å². The predicted molar refractivity (Wildman–Crippen MR) is 55.4 cm³/mol. The van der Waals surface area contributed by atoms with Gasteiger partial charge in [-0.25, -0.2) is 4.79 Å². The van der Waals surface area contributed by atoms with E-state index in [4.69, 9.17) is 5.73 Å². The third-order valence-corrected chi connectivity index (χ3v) is 2.34. The first-order chi connectivity index (χ1) is 7.11. The Morgan fingerprint density at radius 3 is 2.87 bits per heavy atom. The molecule has 5 nitrogen and oxygen atoms in total. The molecule has 1 rings (SSSR count). The summed E-state index contributed by atoms with van der Waals surface area (Å²) in [6, 6.07) is 3.33. The first kappa shape index (κ1) is 11.7. The number of aromatic nitrogens is 1. The first-order valence-corrected chi connectivity index (χ1v) is 4.73. The SMILES string of the molecule is COC(=O)c1ccc([C@@H](O)CCN)n1C. The van der Waals surface area contributed by atoms with Crippen molar-refractivity contribution in [1.82, 2.24) is 4.57 Å². The van der Waals surface area contributed by atoms with Crippen LogP contribution in [0.5, 0.6) is 0 Å². The maximum Gasteiger partial charge on any atom is 0.354 e. The number of aliphatic hydroxyl groups excluding tert-OH is 1. The molecule has 15 heavy (non-hydrogen) atoms. The molecule has 0 radical (unpaired) electrons. The van der Waals surface area contributed by atoms with E-state index >= 15 is 0 Å². The van der Waals surface area contributed by atoms with E-state index in [2.05, 4.69) is 4.74 Å². The zero-order valence-corrected chi connectivity index (χ0v) is 8.93.